The summed E-state index contributed by atoms with van der Waals surface area (Å²) in [6.45, 7) is 5.58. The molecule has 0 unspecified atom stereocenters. The summed E-state index contributed by atoms with van der Waals surface area (Å²) in [6.07, 6.45) is 0.727. The first kappa shape index (κ1) is 14.5. The van der Waals surface area contributed by atoms with Gasteiger partial charge in [-0.2, -0.15) is 0 Å². The van der Waals surface area contributed by atoms with Crippen LogP contribution in [0.2, 0.25) is 0 Å². The van der Waals surface area contributed by atoms with Gasteiger partial charge in [-0.1, -0.05) is 13.0 Å². The number of nitrogens with zero attached hydrogens (tertiary/aromatic N) is 2. The van der Waals surface area contributed by atoms with Crippen molar-refractivity contribution < 1.29 is 9.90 Å². The minimum atomic E-state index is -0.907. The third kappa shape index (κ3) is 3.36. The molecule has 0 aliphatic heterocycles. The Kier molecular flexibility index (Phi) is 4.74. The zero-order valence-electron chi connectivity index (χ0n) is 11.7. The van der Waals surface area contributed by atoms with Crippen molar-refractivity contribution in [2.45, 2.75) is 26.8 Å². The number of carboxylic acid groups (broad SMARTS) is 1. The maximum atomic E-state index is 11.2. The Balaban J connectivity index is 2.32. The molecule has 0 atom stereocenters. The van der Waals surface area contributed by atoms with Crippen molar-refractivity contribution in [1.82, 2.24) is 4.98 Å². The summed E-state index contributed by atoms with van der Waals surface area (Å²) < 4.78 is 0. The Bertz CT molecular complexity index is 582. The standard InChI is InChI=1S/C15H18N2O2S/c1-3-12-8-11(15(18)19)9-14(16-12)17(4-2)10-13-6-5-7-20-13/h5-9H,3-4,10H2,1-2H3,(H,18,19). The minimum absolute atomic E-state index is 0.302. The van der Waals surface area contributed by atoms with Gasteiger partial charge >= 0.3 is 5.97 Å². The lowest BCUT2D eigenvalue weighted by atomic mass is 10.2. The predicted octanol–water partition coefficient (Wildman–Crippen LogP) is 3.43. The van der Waals surface area contributed by atoms with Crippen LogP contribution in [0.25, 0.3) is 0 Å². The van der Waals surface area contributed by atoms with Crippen LogP contribution in [-0.2, 0) is 13.0 Å². The maximum absolute atomic E-state index is 11.2. The fraction of sp³-hybridized carbons (Fsp3) is 0.333. The van der Waals surface area contributed by atoms with Gasteiger partial charge in [0, 0.05) is 17.1 Å². The zero-order valence-corrected chi connectivity index (χ0v) is 12.5. The number of aryl methyl sites for hydroxylation is 1. The second kappa shape index (κ2) is 6.52. The summed E-state index contributed by atoms with van der Waals surface area (Å²) in [5, 5.41) is 11.2. The molecule has 0 amide bonds. The number of anilines is 1. The van der Waals surface area contributed by atoms with Gasteiger partial charge in [0.05, 0.1) is 12.1 Å². The number of thiophene rings is 1. The maximum Gasteiger partial charge on any atom is 0.335 e. The van der Waals surface area contributed by atoms with Gasteiger partial charge in [0.25, 0.3) is 0 Å². The van der Waals surface area contributed by atoms with Gasteiger partial charge in [-0.3, -0.25) is 0 Å². The Hall–Kier alpha value is -1.88. The van der Waals surface area contributed by atoms with Crippen molar-refractivity contribution in [1.29, 1.82) is 0 Å². The summed E-state index contributed by atoms with van der Waals surface area (Å²) in [5.74, 6) is -0.173. The van der Waals surface area contributed by atoms with Crippen molar-refractivity contribution in [2.75, 3.05) is 11.4 Å². The Morgan fingerprint density at radius 1 is 1.40 bits per heavy atom. The fourth-order valence-corrected chi connectivity index (χ4v) is 2.70. The molecule has 5 heteroatoms. The first-order valence-corrected chi connectivity index (χ1v) is 7.53. The molecular weight excluding hydrogens is 272 g/mol. The molecule has 0 spiro atoms. The number of pyridine rings is 1. The van der Waals surface area contributed by atoms with Gasteiger partial charge in [0.15, 0.2) is 0 Å². The molecule has 2 rings (SSSR count). The summed E-state index contributed by atoms with van der Waals surface area (Å²) in [5.41, 5.74) is 1.11. The fourth-order valence-electron chi connectivity index (χ4n) is 1.98. The molecule has 0 aliphatic rings. The largest absolute Gasteiger partial charge is 0.478 e. The van der Waals surface area contributed by atoms with Crippen LogP contribution >= 0.6 is 11.3 Å². The molecule has 0 saturated carbocycles. The molecule has 0 aromatic carbocycles. The number of rotatable bonds is 6. The van der Waals surface area contributed by atoms with Crippen LogP contribution in [0.3, 0.4) is 0 Å². The molecule has 0 aliphatic carbocycles. The van der Waals surface area contributed by atoms with E-state index in [1.807, 2.05) is 25.3 Å². The monoisotopic (exact) mass is 290 g/mol. The van der Waals surface area contributed by atoms with E-state index in [4.69, 9.17) is 0 Å². The SMILES string of the molecule is CCc1cc(C(=O)O)cc(N(CC)Cc2cccs2)n1. The van der Waals surface area contributed by atoms with E-state index in [0.717, 1.165) is 31.0 Å². The molecule has 4 nitrogen and oxygen atoms in total. The summed E-state index contributed by atoms with van der Waals surface area (Å²) >= 11 is 1.70. The molecule has 0 saturated heterocycles. The van der Waals surface area contributed by atoms with Gasteiger partial charge in [-0.25, -0.2) is 9.78 Å². The van der Waals surface area contributed by atoms with Crippen molar-refractivity contribution in [2.24, 2.45) is 0 Å². The highest BCUT2D eigenvalue weighted by Crippen LogP contribution is 2.20. The molecule has 2 heterocycles. The Morgan fingerprint density at radius 2 is 2.20 bits per heavy atom. The molecule has 20 heavy (non-hydrogen) atoms. The lowest BCUT2D eigenvalue weighted by Crippen LogP contribution is -2.23. The highest BCUT2D eigenvalue weighted by atomic mass is 32.1. The molecule has 106 valence electrons. The third-order valence-corrected chi connectivity index (χ3v) is 3.97. The van der Waals surface area contributed by atoms with Gasteiger partial charge in [-0.05, 0) is 36.9 Å². The van der Waals surface area contributed by atoms with E-state index in [9.17, 15) is 9.90 Å². The first-order chi connectivity index (χ1) is 9.63. The normalized spacial score (nSPS) is 10.5. The number of aromatic carboxylic acids is 1. The number of carbonyl (C=O) groups is 1. The van der Waals surface area contributed by atoms with Crippen molar-refractivity contribution in [3.63, 3.8) is 0 Å². The highest BCUT2D eigenvalue weighted by molar-refractivity contribution is 7.09. The van der Waals surface area contributed by atoms with E-state index in [1.165, 1.54) is 4.88 Å². The van der Waals surface area contributed by atoms with E-state index in [2.05, 4.69) is 16.0 Å². The van der Waals surface area contributed by atoms with Gasteiger partial charge in [0.1, 0.15) is 5.82 Å². The molecule has 1 N–H and O–H groups in total. The second-order valence-corrected chi connectivity index (χ2v) is 5.49. The predicted molar refractivity (Wildman–Crippen MR) is 81.6 cm³/mol. The van der Waals surface area contributed by atoms with E-state index < -0.39 is 5.97 Å². The number of hydrogen-bond acceptors (Lipinski definition) is 4. The molecule has 0 fully saturated rings. The van der Waals surface area contributed by atoms with E-state index in [-0.39, 0.29) is 0 Å². The minimum Gasteiger partial charge on any atom is -0.478 e. The number of aromatic nitrogens is 1. The van der Waals surface area contributed by atoms with Crippen LogP contribution in [0.4, 0.5) is 5.82 Å². The second-order valence-electron chi connectivity index (χ2n) is 4.46. The topological polar surface area (TPSA) is 53.4 Å². The zero-order chi connectivity index (χ0) is 14.5. The van der Waals surface area contributed by atoms with Gasteiger partial charge in [-0.15, -0.1) is 11.3 Å². The third-order valence-electron chi connectivity index (χ3n) is 3.11. The summed E-state index contributed by atoms with van der Waals surface area (Å²) in [7, 11) is 0. The number of hydrogen-bond donors (Lipinski definition) is 1. The van der Waals surface area contributed by atoms with E-state index in [1.54, 1.807) is 23.5 Å². The van der Waals surface area contributed by atoms with Crippen LogP contribution in [0.1, 0.15) is 34.8 Å². The van der Waals surface area contributed by atoms with Crippen LogP contribution in [0.5, 0.6) is 0 Å². The molecule has 2 aromatic heterocycles. The first-order valence-electron chi connectivity index (χ1n) is 6.65. The average molecular weight is 290 g/mol. The van der Waals surface area contributed by atoms with E-state index >= 15 is 0 Å². The van der Waals surface area contributed by atoms with Crippen LogP contribution in [0, 0.1) is 0 Å². The van der Waals surface area contributed by atoms with Crippen LogP contribution in [0.15, 0.2) is 29.6 Å². The average Bonchev–Trinajstić information content (AvgIpc) is 2.97. The van der Waals surface area contributed by atoms with Crippen LogP contribution in [-0.4, -0.2) is 22.6 Å². The quantitative estimate of drug-likeness (QED) is 0.885. The Labute approximate surface area is 122 Å². The van der Waals surface area contributed by atoms with Crippen molar-refractivity contribution >= 4 is 23.1 Å². The molecule has 2 aromatic rings. The lowest BCUT2D eigenvalue weighted by Gasteiger charge is -2.22. The van der Waals surface area contributed by atoms with Crippen molar-refractivity contribution in [3.05, 3.63) is 45.8 Å². The van der Waals surface area contributed by atoms with E-state index in [0.29, 0.717) is 5.56 Å². The van der Waals surface area contributed by atoms with Crippen LogP contribution < -0.4 is 4.90 Å². The molecule has 0 radical (unpaired) electrons. The smallest absolute Gasteiger partial charge is 0.335 e. The highest BCUT2D eigenvalue weighted by Gasteiger charge is 2.13. The summed E-state index contributed by atoms with van der Waals surface area (Å²) in [4.78, 5) is 19.1. The number of carboxylic acids is 1. The van der Waals surface area contributed by atoms with Gasteiger partial charge in [0.2, 0.25) is 0 Å². The van der Waals surface area contributed by atoms with Gasteiger partial charge < -0.3 is 10.0 Å². The molecular formula is C15H18N2O2S. The lowest BCUT2D eigenvalue weighted by molar-refractivity contribution is 0.0696. The molecule has 0 bridgehead atoms. The Morgan fingerprint density at radius 3 is 2.75 bits per heavy atom. The van der Waals surface area contributed by atoms with Crippen molar-refractivity contribution in [3.8, 4) is 0 Å². The summed E-state index contributed by atoms with van der Waals surface area (Å²) in [6, 6.07) is 7.39.